The number of aromatic carboxylic acids is 2. The summed E-state index contributed by atoms with van der Waals surface area (Å²) < 4.78 is 10.8. The molecule has 28 heavy (non-hydrogen) atoms. The van der Waals surface area contributed by atoms with Crippen LogP contribution in [0.25, 0.3) is 33.1 Å². The van der Waals surface area contributed by atoms with Gasteiger partial charge in [0.1, 0.15) is 11.2 Å². The summed E-state index contributed by atoms with van der Waals surface area (Å²) in [6, 6.07) is 10.9. The van der Waals surface area contributed by atoms with Gasteiger partial charge in [0.25, 0.3) is 0 Å². The average Bonchev–Trinajstić information content (AvgIpc) is 2.67. The Hall–Kier alpha value is -4.20. The molecule has 2 aromatic heterocycles. The van der Waals surface area contributed by atoms with Crippen molar-refractivity contribution in [2.75, 3.05) is 0 Å². The SMILES string of the molecule is O=C(O)c1cc(=O)c2cccc(-c3cccc4c(=O)cc(C(=O)O)oc34)c2o1. The number of carboxylic acid groups (broad SMARTS) is 2. The lowest BCUT2D eigenvalue weighted by molar-refractivity contribution is 0.0653. The van der Waals surface area contributed by atoms with Gasteiger partial charge in [-0.1, -0.05) is 24.3 Å². The Morgan fingerprint density at radius 3 is 1.43 bits per heavy atom. The molecule has 0 amide bonds. The Morgan fingerprint density at radius 1 is 0.679 bits per heavy atom. The van der Waals surface area contributed by atoms with Gasteiger partial charge in [0, 0.05) is 23.3 Å². The molecule has 2 heterocycles. The van der Waals surface area contributed by atoms with E-state index in [9.17, 15) is 29.4 Å². The highest BCUT2D eigenvalue weighted by atomic mass is 16.4. The highest BCUT2D eigenvalue weighted by molar-refractivity contribution is 6.02. The Bertz CT molecular complexity index is 1300. The molecule has 0 aliphatic heterocycles. The molecule has 0 spiro atoms. The monoisotopic (exact) mass is 378 g/mol. The number of benzene rings is 2. The summed E-state index contributed by atoms with van der Waals surface area (Å²) in [5, 5.41) is 18.6. The Balaban J connectivity index is 2.15. The highest BCUT2D eigenvalue weighted by Crippen LogP contribution is 2.33. The largest absolute Gasteiger partial charge is 0.475 e. The van der Waals surface area contributed by atoms with E-state index in [0.29, 0.717) is 0 Å². The fraction of sp³-hybridized carbons (Fsp3) is 0. The first-order valence-electron chi connectivity index (χ1n) is 7.97. The topological polar surface area (TPSA) is 135 Å². The minimum Gasteiger partial charge on any atom is -0.475 e. The van der Waals surface area contributed by atoms with Gasteiger partial charge >= 0.3 is 11.9 Å². The van der Waals surface area contributed by atoms with Gasteiger partial charge in [-0.3, -0.25) is 9.59 Å². The van der Waals surface area contributed by atoms with Crippen LogP contribution in [0.2, 0.25) is 0 Å². The lowest BCUT2D eigenvalue weighted by Crippen LogP contribution is -2.08. The third-order valence-electron chi connectivity index (χ3n) is 4.22. The lowest BCUT2D eigenvalue weighted by Gasteiger charge is -2.09. The fourth-order valence-electron chi connectivity index (χ4n) is 2.99. The van der Waals surface area contributed by atoms with Crippen LogP contribution in [0.3, 0.4) is 0 Å². The van der Waals surface area contributed by atoms with Gasteiger partial charge in [-0.15, -0.1) is 0 Å². The molecule has 4 rings (SSSR count). The van der Waals surface area contributed by atoms with Crippen LogP contribution in [0, 0.1) is 0 Å². The van der Waals surface area contributed by atoms with Crippen LogP contribution in [-0.2, 0) is 0 Å². The molecule has 0 atom stereocenters. The van der Waals surface area contributed by atoms with Crippen molar-refractivity contribution < 1.29 is 28.6 Å². The zero-order valence-electron chi connectivity index (χ0n) is 14.0. The van der Waals surface area contributed by atoms with E-state index in [4.69, 9.17) is 8.83 Å². The standard InChI is InChI=1S/C20H10O8/c21-13-7-15(19(23)24)27-17-9(3-1-5-11(13)17)10-4-2-6-12-14(22)8-16(20(25)26)28-18(10)12/h1-8H,(H,23,24)(H,25,26). The van der Waals surface area contributed by atoms with Gasteiger partial charge in [-0.25, -0.2) is 9.59 Å². The van der Waals surface area contributed by atoms with E-state index in [0.717, 1.165) is 12.1 Å². The molecule has 0 aliphatic rings. The summed E-state index contributed by atoms with van der Waals surface area (Å²) in [6.07, 6.45) is 0. The second kappa shape index (κ2) is 6.20. The molecule has 0 radical (unpaired) electrons. The van der Waals surface area contributed by atoms with Gasteiger partial charge in [-0.2, -0.15) is 0 Å². The zero-order valence-corrected chi connectivity index (χ0v) is 14.0. The molecule has 0 aliphatic carbocycles. The molecule has 2 aromatic carbocycles. The van der Waals surface area contributed by atoms with Crippen molar-refractivity contribution in [2.24, 2.45) is 0 Å². The Kier molecular flexibility index (Phi) is 3.82. The third kappa shape index (κ3) is 2.64. The van der Waals surface area contributed by atoms with Crippen LogP contribution in [0.4, 0.5) is 0 Å². The fourth-order valence-corrected chi connectivity index (χ4v) is 2.99. The van der Waals surface area contributed by atoms with Gasteiger partial charge in [0.2, 0.25) is 11.5 Å². The smallest absolute Gasteiger partial charge is 0.371 e. The maximum atomic E-state index is 12.3. The summed E-state index contributed by atoms with van der Waals surface area (Å²) in [6.45, 7) is 0. The van der Waals surface area contributed by atoms with Crippen molar-refractivity contribution in [1.29, 1.82) is 0 Å². The summed E-state index contributed by atoms with van der Waals surface area (Å²) in [7, 11) is 0. The number of hydrogen-bond acceptors (Lipinski definition) is 6. The van der Waals surface area contributed by atoms with Crippen LogP contribution < -0.4 is 10.9 Å². The summed E-state index contributed by atoms with van der Waals surface area (Å²) >= 11 is 0. The molecule has 138 valence electrons. The van der Waals surface area contributed by atoms with Crippen LogP contribution in [0.15, 0.2) is 67.0 Å². The normalized spacial score (nSPS) is 11.0. The molecular weight excluding hydrogens is 368 g/mol. The second-order valence-electron chi connectivity index (χ2n) is 5.92. The van der Waals surface area contributed by atoms with Crippen molar-refractivity contribution in [2.45, 2.75) is 0 Å². The highest BCUT2D eigenvalue weighted by Gasteiger charge is 2.18. The van der Waals surface area contributed by atoms with E-state index in [-0.39, 0.29) is 33.1 Å². The van der Waals surface area contributed by atoms with E-state index >= 15 is 0 Å². The molecule has 0 bridgehead atoms. The van der Waals surface area contributed by atoms with Crippen LogP contribution in [0.1, 0.15) is 21.1 Å². The first-order chi connectivity index (χ1) is 13.4. The summed E-state index contributed by atoms with van der Waals surface area (Å²) in [5.74, 6) is -3.91. The molecule has 8 heteroatoms. The maximum Gasteiger partial charge on any atom is 0.371 e. The minimum atomic E-state index is -1.41. The molecule has 0 saturated heterocycles. The van der Waals surface area contributed by atoms with E-state index in [1.807, 2.05) is 0 Å². The van der Waals surface area contributed by atoms with Gasteiger partial charge < -0.3 is 19.0 Å². The predicted molar refractivity (Wildman–Crippen MR) is 97.9 cm³/mol. The Labute approximate surface area is 154 Å². The third-order valence-corrected chi connectivity index (χ3v) is 4.22. The molecule has 8 nitrogen and oxygen atoms in total. The lowest BCUT2D eigenvalue weighted by atomic mass is 10.00. The zero-order chi connectivity index (χ0) is 20.0. The van der Waals surface area contributed by atoms with Gasteiger partial charge in [-0.05, 0) is 12.1 Å². The first-order valence-corrected chi connectivity index (χ1v) is 7.97. The molecule has 4 aromatic rings. The number of fused-ring (bicyclic) bond motifs is 2. The molecule has 0 fully saturated rings. The minimum absolute atomic E-state index is 0.0109. The van der Waals surface area contributed by atoms with E-state index in [2.05, 4.69) is 0 Å². The van der Waals surface area contributed by atoms with Crippen molar-refractivity contribution in [1.82, 2.24) is 0 Å². The number of hydrogen-bond donors (Lipinski definition) is 2. The molecule has 0 unspecified atom stereocenters. The van der Waals surface area contributed by atoms with E-state index in [1.54, 1.807) is 24.3 Å². The van der Waals surface area contributed by atoms with E-state index in [1.165, 1.54) is 12.1 Å². The Morgan fingerprint density at radius 2 is 1.07 bits per heavy atom. The number of para-hydroxylation sites is 2. The van der Waals surface area contributed by atoms with Crippen LogP contribution >= 0.6 is 0 Å². The van der Waals surface area contributed by atoms with Gasteiger partial charge in [0.05, 0.1) is 10.8 Å². The number of carboxylic acids is 2. The second-order valence-corrected chi connectivity index (χ2v) is 5.92. The molecule has 2 N–H and O–H groups in total. The maximum absolute atomic E-state index is 12.3. The van der Waals surface area contributed by atoms with E-state index < -0.39 is 34.3 Å². The van der Waals surface area contributed by atoms with Crippen molar-refractivity contribution >= 4 is 33.9 Å². The van der Waals surface area contributed by atoms with Crippen molar-refractivity contribution in [3.63, 3.8) is 0 Å². The summed E-state index contributed by atoms with van der Waals surface area (Å²) in [5.41, 5.74) is -0.545. The van der Waals surface area contributed by atoms with Gasteiger partial charge in [0.15, 0.2) is 10.9 Å². The first kappa shape index (κ1) is 17.2. The van der Waals surface area contributed by atoms with Crippen LogP contribution in [-0.4, -0.2) is 22.2 Å². The average molecular weight is 378 g/mol. The quantitative estimate of drug-likeness (QED) is 0.555. The number of rotatable bonds is 3. The predicted octanol–water partition coefficient (Wildman–Crippen LogP) is 2.96. The van der Waals surface area contributed by atoms with Crippen LogP contribution in [0.5, 0.6) is 0 Å². The van der Waals surface area contributed by atoms with Crippen molar-refractivity contribution in [3.05, 3.63) is 80.5 Å². The molecule has 0 saturated carbocycles. The van der Waals surface area contributed by atoms with Crippen molar-refractivity contribution in [3.8, 4) is 11.1 Å². The summed E-state index contributed by atoms with van der Waals surface area (Å²) in [4.78, 5) is 47.1. The number of carbonyl (C=O) groups is 2. The molecular formula is C20H10O8.